The average molecular weight is 306 g/mol. The van der Waals surface area contributed by atoms with E-state index in [2.05, 4.69) is 19.3 Å². The van der Waals surface area contributed by atoms with Crippen LogP contribution in [0.4, 0.5) is 0 Å². The van der Waals surface area contributed by atoms with Crippen molar-refractivity contribution in [2.75, 3.05) is 33.4 Å². The fourth-order valence-electron chi connectivity index (χ4n) is 1.72. The van der Waals surface area contributed by atoms with Gasteiger partial charge < -0.3 is 4.74 Å². The molecule has 0 aromatic carbocycles. The molecule has 1 aromatic rings. The van der Waals surface area contributed by atoms with Gasteiger partial charge in [-0.2, -0.15) is 13.1 Å². The maximum atomic E-state index is 11.2. The van der Waals surface area contributed by atoms with E-state index < -0.39 is 10.2 Å². The zero-order chi connectivity index (χ0) is 13.7. The van der Waals surface area contributed by atoms with E-state index in [1.807, 2.05) is 5.38 Å². The van der Waals surface area contributed by atoms with Gasteiger partial charge in [0, 0.05) is 32.1 Å². The second-order valence-corrected chi connectivity index (χ2v) is 6.80. The van der Waals surface area contributed by atoms with Crippen molar-refractivity contribution in [3.63, 3.8) is 0 Å². The molecule has 19 heavy (non-hydrogen) atoms. The molecule has 0 radical (unpaired) electrons. The standard InChI is InChI=1S/C10H18N4O3S2/c1-11-19(15,16)12-6-10-13-9(8-18-10)7-14-2-4-17-5-3-14/h8,11-12H,2-7H2,1H3. The molecular weight excluding hydrogens is 288 g/mol. The predicted octanol–water partition coefficient (Wildman–Crippen LogP) is -0.471. The van der Waals surface area contributed by atoms with Crippen molar-refractivity contribution in [2.24, 2.45) is 0 Å². The molecule has 108 valence electrons. The number of rotatable bonds is 6. The third kappa shape index (κ3) is 4.79. The molecule has 0 saturated carbocycles. The molecular formula is C10H18N4O3S2. The lowest BCUT2D eigenvalue weighted by Gasteiger charge is -2.25. The summed E-state index contributed by atoms with van der Waals surface area (Å²) in [4.78, 5) is 6.70. The van der Waals surface area contributed by atoms with E-state index in [0.717, 1.165) is 43.5 Å². The number of morpholine rings is 1. The number of nitrogens with zero attached hydrogens (tertiary/aromatic N) is 2. The van der Waals surface area contributed by atoms with Crippen LogP contribution < -0.4 is 9.44 Å². The third-order valence-electron chi connectivity index (χ3n) is 2.77. The molecule has 1 saturated heterocycles. The Morgan fingerprint density at radius 2 is 2.21 bits per heavy atom. The average Bonchev–Trinajstić information content (AvgIpc) is 2.86. The van der Waals surface area contributed by atoms with Crippen molar-refractivity contribution in [3.05, 3.63) is 16.1 Å². The monoisotopic (exact) mass is 306 g/mol. The minimum absolute atomic E-state index is 0.219. The van der Waals surface area contributed by atoms with Crippen molar-refractivity contribution < 1.29 is 13.2 Å². The molecule has 0 unspecified atom stereocenters. The van der Waals surface area contributed by atoms with E-state index in [4.69, 9.17) is 4.74 Å². The van der Waals surface area contributed by atoms with Crippen LogP contribution in [0.2, 0.25) is 0 Å². The Bertz CT molecular complexity index is 497. The first-order valence-corrected chi connectivity index (χ1v) is 8.37. The van der Waals surface area contributed by atoms with Crippen molar-refractivity contribution in [3.8, 4) is 0 Å². The topological polar surface area (TPSA) is 83.6 Å². The maximum Gasteiger partial charge on any atom is 0.277 e. The van der Waals surface area contributed by atoms with Gasteiger partial charge in [0.25, 0.3) is 10.2 Å². The van der Waals surface area contributed by atoms with E-state index in [1.165, 1.54) is 18.4 Å². The van der Waals surface area contributed by atoms with E-state index in [1.54, 1.807) is 0 Å². The molecule has 9 heteroatoms. The van der Waals surface area contributed by atoms with Gasteiger partial charge in [-0.15, -0.1) is 11.3 Å². The number of hydrogen-bond acceptors (Lipinski definition) is 6. The summed E-state index contributed by atoms with van der Waals surface area (Å²) in [7, 11) is -2.03. The molecule has 7 nitrogen and oxygen atoms in total. The van der Waals surface area contributed by atoms with Gasteiger partial charge >= 0.3 is 0 Å². The molecule has 1 aromatic heterocycles. The molecule has 2 rings (SSSR count). The molecule has 1 aliphatic rings. The molecule has 0 aliphatic carbocycles. The van der Waals surface area contributed by atoms with Gasteiger partial charge in [0.15, 0.2) is 0 Å². The van der Waals surface area contributed by atoms with Gasteiger partial charge in [0.2, 0.25) is 0 Å². The van der Waals surface area contributed by atoms with E-state index >= 15 is 0 Å². The normalized spacial score (nSPS) is 17.7. The number of nitrogens with one attached hydrogen (secondary N) is 2. The molecule has 2 N–H and O–H groups in total. The fourth-order valence-corrected chi connectivity index (χ4v) is 3.01. The zero-order valence-electron chi connectivity index (χ0n) is 10.8. The smallest absolute Gasteiger partial charge is 0.277 e. The third-order valence-corrected chi connectivity index (χ3v) is 4.73. The number of ether oxygens (including phenoxy) is 1. The molecule has 1 aliphatic heterocycles. The Balaban J connectivity index is 1.84. The fraction of sp³-hybridized carbons (Fsp3) is 0.700. The van der Waals surface area contributed by atoms with Gasteiger partial charge in [-0.25, -0.2) is 9.71 Å². The van der Waals surface area contributed by atoms with E-state index in [0.29, 0.717) is 0 Å². The molecule has 0 amide bonds. The zero-order valence-corrected chi connectivity index (χ0v) is 12.4. The number of thiazole rings is 1. The summed E-state index contributed by atoms with van der Waals surface area (Å²) in [6, 6.07) is 0. The van der Waals surface area contributed by atoms with E-state index in [-0.39, 0.29) is 6.54 Å². The van der Waals surface area contributed by atoms with E-state index in [9.17, 15) is 8.42 Å². The predicted molar refractivity (Wildman–Crippen MR) is 73.0 cm³/mol. The highest BCUT2D eigenvalue weighted by molar-refractivity contribution is 7.87. The molecule has 0 atom stereocenters. The Labute approximate surface area is 117 Å². The van der Waals surface area contributed by atoms with Crippen LogP contribution >= 0.6 is 11.3 Å². The highest BCUT2D eigenvalue weighted by Gasteiger charge is 2.13. The number of hydrogen-bond donors (Lipinski definition) is 2. The minimum Gasteiger partial charge on any atom is -0.379 e. The molecule has 2 heterocycles. The van der Waals surface area contributed by atoms with Crippen LogP contribution in [0, 0.1) is 0 Å². The highest BCUT2D eigenvalue weighted by atomic mass is 32.2. The highest BCUT2D eigenvalue weighted by Crippen LogP contribution is 2.12. The van der Waals surface area contributed by atoms with Crippen LogP contribution in [-0.4, -0.2) is 51.7 Å². The van der Waals surface area contributed by atoms with Crippen molar-refractivity contribution >= 4 is 21.5 Å². The second-order valence-electron chi connectivity index (χ2n) is 4.15. The maximum absolute atomic E-state index is 11.2. The summed E-state index contributed by atoms with van der Waals surface area (Å²) >= 11 is 1.47. The summed E-state index contributed by atoms with van der Waals surface area (Å²) < 4.78 is 32.4. The van der Waals surface area contributed by atoms with Crippen LogP contribution in [0.1, 0.15) is 10.7 Å². The Kier molecular flexibility index (Phi) is 5.25. The lowest BCUT2D eigenvalue weighted by molar-refractivity contribution is 0.0337. The van der Waals surface area contributed by atoms with Gasteiger partial charge in [-0.05, 0) is 0 Å². The van der Waals surface area contributed by atoms with Crippen molar-refractivity contribution in [2.45, 2.75) is 13.1 Å². The second kappa shape index (κ2) is 6.73. The van der Waals surface area contributed by atoms with Crippen LogP contribution in [0.15, 0.2) is 5.38 Å². The van der Waals surface area contributed by atoms with Crippen LogP contribution in [0.25, 0.3) is 0 Å². The van der Waals surface area contributed by atoms with Gasteiger partial charge in [-0.3, -0.25) is 4.90 Å². The summed E-state index contributed by atoms with van der Waals surface area (Å²) in [5.74, 6) is 0. The first-order chi connectivity index (χ1) is 9.09. The quantitative estimate of drug-likeness (QED) is 0.742. The Hall–Kier alpha value is -0.580. The number of aromatic nitrogens is 1. The summed E-state index contributed by atoms with van der Waals surface area (Å²) in [5, 5.41) is 2.74. The molecule has 0 spiro atoms. The summed E-state index contributed by atoms with van der Waals surface area (Å²) in [6.07, 6.45) is 0. The van der Waals surface area contributed by atoms with Crippen molar-refractivity contribution in [1.29, 1.82) is 0 Å². The summed E-state index contributed by atoms with van der Waals surface area (Å²) in [5.41, 5.74) is 0.977. The van der Waals surface area contributed by atoms with Crippen LogP contribution in [0.3, 0.4) is 0 Å². The Morgan fingerprint density at radius 3 is 2.89 bits per heavy atom. The first kappa shape index (κ1) is 14.8. The molecule has 1 fully saturated rings. The minimum atomic E-state index is -3.40. The molecule has 0 bridgehead atoms. The van der Waals surface area contributed by atoms with Crippen LogP contribution in [0.5, 0.6) is 0 Å². The van der Waals surface area contributed by atoms with Gasteiger partial charge in [0.05, 0.1) is 25.5 Å². The largest absolute Gasteiger partial charge is 0.379 e. The van der Waals surface area contributed by atoms with Gasteiger partial charge in [-0.1, -0.05) is 0 Å². The lowest BCUT2D eigenvalue weighted by Crippen LogP contribution is -2.35. The first-order valence-electron chi connectivity index (χ1n) is 6.00. The SMILES string of the molecule is CNS(=O)(=O)NCc1nc(CN2CCOCC2)cs1. The van der Waals surface area contributed by atoms with Crippen molar-refractivity contribution in [1.82, 2.24) is 19.3 Å². The van der Waals surface area contributed by atoms with Crippen LogP contribution in [-0.2, 0) is 28.0 Å². The summed E-state index contributed by atoms with van der Waals surface area (Å²) in [6.45, 7) is 4.37. The lowest BCUT2D eigenvalue weighted by atomic mass is 10.3. The Morgan fingerprint density at radius 1 is 1.47 bits per heavy atom. The van der Waals surface area contributed by atoms with Gasteiger partial charge in [0.1, 0.15) is 5.01 Å².